The summed E-state index contributed by atoms with van der Waals surface area (Å²) in [4.78, 5) is 0. The van der Waals surface area contributed by atoms with E-state index in [1.165, 1.54) is 11.1 Å². The molecule has 2 aromatic rings. The summed E-state index contributed by atoms with van der Waals surface area (Å²) in [6, 6.07) is 8.46. The zero-order valence-corrected chi connectivity index (χ0v) is 12.5. The van der Waals surface area contributed by atoms with Crippen LogP contribution < -0.4 is 5.32 Å². The lowest BCUT2D eigenvalue weighted by molar-refractivity contribution is 0.473. The van der Waals surface area contributed by atoms with E-state index in [1.54, 1.807) is 6.26 Å². The zero-order valence-electron chi connectivity index (χ0n) is 11.0. The highest BCUT2D eigenvalue weighted by molar-refractivity contribution is 9.10. The SMILES string of the molecule is CCC(Nc1c(C)cc(C)cc1Br)c1ccco1. The quantitative estimate of drug-likeness (QED) is 0.837. The molecule has 2 rings (SSSR count). The fourth-order valence-electron chi connectivity index (χ4n) is 2.14. The van der Waals surface area contributed by atoms with Gasteiger partial charge in [0.15, 0.2) is 0 Å². The highest BCUT2D eigenvalue weighted by Gasteiger charge is 2.14. The third-order valence-electron chi connectivity index (χ3n) is 3.05. The molecule has 0 saturated heterocycles. The van der Waals surface area contributed by atoms with Crippen LogP contribution >= 0.6 is 15.9 Å². The lowest BCUT2D eigenvalue weighted by atomic mass is 10.1. The van der Waals surface area contributed by atoms with Crippen molar-refractivity contribution in [2.75, 3.05) is 5.32 Å². The monoisotopic (exact) mass is 307 g/mol. The van der Waals surface area contributed by atoms with Crippen LogP contribution in [0.5, 0.6) is 0 Å². The van der Waals surface area contributed by atoms with Crippen molar-refractivity contribution < 1.29 is 4.42 Å². The lowest BCUT2D eigenvalue weighted by Crippen LogP contribution is -2.10. The van der Waals surface area contributed by atoms with Crippen molar-refractivity contribution in [1.82, 2.24) is 0 Å². The minimum atomic E-state index is 0.206. The maximum atomic E-state index is 5.48. The summed E-state index contributed by atoms with van der Waals surface area (Å²) in [5, 5.41) is 3.55. The number of nitrogens with one attached hydrogen (secondary N) is 1. The Morgan fingerprint density at radius 2 is 2.11 bits per heavy atom. The van der Waals surface area contributed by atoms with E-state index in [2.05, 4.69) is 54.2 Å². The molecule has 0 saturated carbocycles. The first kappa shape index (κ1) is 13.2. The molecule has 0 aliphatic carbocycles. The summed E-state index contributed by atoms with van der Waals surface area (Å²) in [5.41, 5.74) is 3.65. The molecular weight excluding hydrogens is 290 g/mol. The molecule has 1 unspecified atom stereocenters. The van der Waals surface area contributed by atoms with Gasteiger partial charge >= 0.3 is 0 Å². The van der Waals surface area contributed by atoms with Crippen LogP contribution in [0.3, 0.4) is 0 Å². The highest BCUT2D eigenvalue weighted by Crippen LogP contribution is 2.32. The molecule has 1 N–H and O–H groups in total. The van der Waals surface area contributed by atoms with Crippen molar-refractivity contribution in [3.8, 4) is 0 Å². The molecule has 1 heterocycles. The summed E-state index contributed by atoms with van der Waals surface area (Å²) >= 11 is 3.63. The minimum absolute atomic E-state index is 0.206. The number of rotatable bonds is 4. The molecule has 96 valence electrons. The van der Waals surface area contributed by atoms with E-state index < -0.39 is 0 Å². The van der Waals surface area contributed by atoms with Crippen LogP contribution in [-0.2, 0) is 0 Å². The van der Waals surface area contributed by atoms with Gasteiger partial charge in [-0.1, -0.05) is 13.0 Å². The first-order chi connectivity index (χ1) is 8.61. The molecular formula is C15H18BrNO. The number of halogens is 1. The highest BCUT2D eigenvalue weighted by atomic mass is 79.9. The van der Waals surface area contributed by atoms with E-state index in [0.29, 0.717) is 0 Å². The molecule has 18 heavy (non-hydrogen) atoms. The maximum absolute atomic E-state index is 5.48. The summed E-state index contributed by atoms with van der Waals surface area (Å²) in [7, 11) is 0. The van der Waals surface area contributed by atoms with Crippen molar-refractivity contribution in [2.45, 2.75) is 33.2 Å². The molecule has 0 fully saturated rings. The molecule has 0 aliphatic heterocycles. The third kappa shape index (κ3) is 2.78. The van der Waals surface area contributed by atoms with E-state index in [1.807, 2.05) is 12.1 Å². The first-order valence-corrected chi connectivity index (χ1v) is 6.97. The third-order valence-corrected chi connectivity index (χ3v) is 3.67. The van der Waals surface area contributed by atoms with Crippen LogP contribution in [-0.4, -0.2) is 0 Å². The average Bonchev–Trinajstić information content (AvgIpc) is 2.81. The van der Waals surface area contributed by atoms with E-state index in [4.69, 9.17) is 4.42 Å². The van der Waals surface area contributed by atoms with E-state index in [0.717, 1.165) is 22.3 Å². The predicted octanol–water partition coefficient (Wildman–Crippen LogP) is 5.22. The Morgan fingerprint density at radius 3 is 2.67 bits per heavy atom. The number of anilines is 1. The number of hydrogen-bond donors (Lipinski definition) is 1. The van der Waals surface area contributed by atoms with Gasteiger partial charge < -0.3 is 9.73 Å². The summed E-state index contributed by atoms with van der Waals surface area (Å²) in [5.74, 6) is 0.976. The Balaban J connectivity index is 2.28. The fourth-order valence-corrected chi connectivity index (χ4v) is 2.92. The standard InChI is InChI=1S/C15H18BrNO/c1-4-13(14-6-5-7-18-14)17-15-11(3)8-10(2)9-12(15)16/h5-9,13,17H,4H2,1-3H3. The van der Waals surface area contributed by atoms with Gasteiger partial charge in [-0.05, 0) is 65.5 Å². The van der Waals surface area contributed by atoms with Gasteiger partial charge in [0.1, 0.15) is 5.76 Å². The van der Waals surface area contributed by atoms with Gasteiger partial charge in [-0.2, -0.15) is 0 Å². The predicted molar refractivity (Wildman–Crippen MR) is 79.0 cm³/mol. The van der Waals surface area contributed by atoms with Crippen molar-refractivity contribution >= 4 is 21.6 Å². The maximum Gasteiger partial charge on any atom is 0.125 e. The molecule has 0 amide bonds. The van der Waals surface area contributed by atoms with Gasteiger partial charge in [0.2, 0.25) is 0 Å². The number of aryl methyl sites for hydroxylation is 2. The second kappa shape index (κ2) is 5.61. The molecule has 0 radical (unpaired) electrons. The van der Waals surface area contributed by atoms with Crippen molar-refractivity contribution in [2.24, 2.45) is 0 Å². The number of hydrogen-bond acceptors (Lipinski definition) is 2. The zero-order chi connectivity index (χ0) is 13.1. The molecule has 0 aliphatic rings. The van der Waals surface area contributed by atoms with Gasteiger partial charge in [-0.25, -0.2) is 0 Å². The summed E-state index contributed by atoms with van der Waals surface area (Å²) in [6.45, 7) is 6.37. The van der Waals surface area contributed by atoms with Crippen LogP contribution in [0.25, 0.3) is 0 Å². The molecule has 0 bridgehead atoms. The van der Waals surface area contributed by atoms with Gasteiger partial charge in [0, 0.05) is 4.47 Å². The molecule has 0 spiro atoms. The van der Waals surface area contributed by atoms with Gasteiger partial charge in [0.25, 0.3) is 0 Å². The minimum Gasteiger partial charge on any atom is -0.467 e. The van der Waals surface area contributed by atoms with Crippen molar-refractivity contribution in [1.29, 1.82) is 0 Å². The normalized spacial score (nSPS) is 12.4. The smallest absolute Gasteiger partial charge is 0.125 e. The van der Waals surface area contributed by atoms with Crippen molar-refractivity contribution in [3.63, 3.8) is 0 Å². The van der Waals surface area contributed by atoms with Gasteiger partial charge in [-0.3, -0.25) is 0 Å². The van der Waals surface area contributed by atoms with E-state index in [-0.39, 0.29) is 6.04 Å². The second-order valence-electron chi connectivity index (χ2n) is 4.56. The number of benzene rings is 1. The van der Waals surface area contributed by atoms with E-state index >= 15 is 0 Å². The van der Waals surface area contributed by atoms with Crippen LogP contribution in [0.4, 0.5) is 5.69 Å². The average molecular weight is 308 g/mol. The molecule has 1 aromatic carbocycles. The topological polar surface area (TPSA) is 25.2 Å². The summed E-state index contributed by atoms with van der Waals surface area (Å²) < 4.78 is 6.59. The lowest BCUT2D eigenvalue weighted by Gasteiger charge is -2.19. The van der Waals surface area contributed by atoms with E-state index in [9.17, 15) is 0 Å². The van der Waals surface area contributed by atoms with Crippen LogP contribution in [0.1, 0.15) is 36.3 Å². The Hall–Kier alpha value is -1.22. The Bertz CT molecular complexity index is 496. The molecule has 1 aromatic heterocycles. The van der Waals surface area contributed by atoms with Crippen LogP contribution in [0.2, 0.25) is 0 Å². The Kier molecular flexibility index (Phi) is 4.12. The van der Waals surface area contributed by atoms with Crippen LogP contribution in [0.15, 0.2) is 39.4 Å². The second-order valence-corrected chi connectivity index (χ2v) is 5.41. The largest absolute Gasteiger partial charge is 0.467 e. The van der Waals surface area contributed by atoms with Gasteiger partial charge in [0.05, 0.1) is 18.0 Å². The first-order valence-electron chi connectivity index (χ1n) is 6.18. The Morgan fingerprint density at radius 1 is 1.33 bits per heavy atom. The Labute approximate surface area is 117 Å². The summed E-state index contributed by atoms with van der Waals surface area (Å²) in [6.07, 6.45) is 2.70. The van der Waals surface area contributed by atoms with Gasteiger partial charge in [-0.15, -0.1) is 0 Å². The molecule has 3 heteroatoms. The van der Waals surface area contributed by atoms with Crippen LogP contribution in [0, 0.1) is 13.8 Å². The number of furan rings is 1. The fraction of sp³-hybridized carbons (Fsp3) is 0.333. The molecule has 2 nitrogen and oxygen atoms in total. The molecule has 1 atom stereocenters. The van der Waals surface area contributed by atoms with Crippen molar-refractivity contribution in [3.05, 3.63) is 51.9 Å².